The van der Waals surface area contributed by atoms with Gasteiger partial charge in [-0.2, -0.15) is 0 Å². The lowest BCUT2D eigenvalue weighted by Gasteiger charge is -2.11. The number of benzene rings is 2. The number of hydrogen-bond donors (Lipinski definition) is 2. The van der Waals surface area contributed by atoms with Gasteiger partial charge >= 0.3 is 0 Å². The molecule has 0 radical (unpaired) electrons. The summed E-state index contributed by atoms with van der Waals surface area (Å²) in [7, 11) is 0. The topological polar surface area (TPSA) is 59.1 Å². The zero-order valence-corrected chi connectivity index (χ0v) is 12.6. The minimum atomic E-state index is 0.0929. The van der Waals surface area contributed by atoms with Crippen molar-refractivity contribution in [3.8, 4) is 16.9 Å². The third-order valence-corrected chi connectivity index (χ3v) is 3.61. The highest BCUT2D eigenvalue weighted by Gasteiger charge is 2.02. The Kier molecular flexibility index (Phi) is 4.99. The summed E-state index contributed by atoms with van der Waals surface area (Å²) in [4.78, 5) is 0. The fourth-order valence-corrected chi connectivity index (χ4v) is 1.94. The fraction of sp³-hybridized carbons (Fsp3) is 0.278. The van der Waals surface area contributed by atoms with Crippen molar-refractivity contribution < 1.29 is 4.74 Å². The van der Waals surface area contributed by atoms with Gasteiger partial charge in [0.15, 0.2) is 0 Å². The summed E-state index contributed by atoms with van der Waals surface area (Å²) in [5, 5.41) is 7.40. The van der Waals surface area contributed by atoms with Gasteiger partial charge in [0.2, 0.25) is 0 Å². The quantitative estimate of drug-likeness (QED) is 0.620. The molecule has 0 spiro atoms. The predicted octanol–water partition coefficient (Wildman–Crippen LogP) is 4.06. The molecule has 0 saturated carbocycles. The van der Waals surface area contributed by atoms with Gasteiger partial charge in [-0.3, -0.25) is 5.41 Å². The van der Waals surface area contributed by atoms with Crippen molar-refractivity contribution >= 4 is 5.84 Å². The van der Waals surface area contributed by atoms with Crippen molar-refractivity contribution in [3.63, 3.8) is 0 Å². The second kappa shape index (κ2) is 6.93. The maximum absolute atomic E-state index is 7.40. The van der Waals surface area contributed by atoms with Gasteiger partial charge < -0.3 is 10.5 Å². The van der Waals surface area contributed by atoms with Crippen LogP contribution in [0.15, 0.2) is 48.5 Å². The second-order valence-electron chi connectivity index (χ2n) is 5.34. The van der Waals surface area contributed by atoms with Crippen LogP contribution in [-0.4, -0.2) is 12.4 Å². The van der Waals surface area contributed by atoms with E-state index in [1.54, 1.807) is 0 Å². The van der Waals surface area contributed by atoms with Gasteiger partial charge in [-0.15, -0.1) is 0 Å². The summed E-state index contributed by atoms with van der Waals surface area (Å²) in [6, 6.07) is 15.8. The zero-order chi connectivity index (χ0) is 15.2. The van der Waals surface area contributed by atoms with E-state index in [9.17, 15) is 0 Å². The van der Waals surface area contributed by atoms with E-state index in [1.165, 1.54) is 0 Å². The van der Waals surface area contributed by atoms with E-state index in [4.69, 9.17) is 15.9 Å². The van der Waals surface area contributed by atoms with Crippen LogP contribution >= 0.6 is 0 Å². The number of nitrogens with one attached hydrogen (secondary N) is 1. The molecule has 1 atom stereocenters. The lowest BCUT2D eigenvalue weighted by molar-refractivity contribution is 0.256. The Balaban J connectivity index is 2.06. The molecule has 3 heteroatoms. The lowest BCUT2D eigenvalue weighted by atomic mass is 10.0. The van der Waals surface area contributed by atoms with E-state index in [1.807, 2.05) is 36.4 Å². The molecule has 21 heavy (non-hydrogen) atoms. The SMILES string of the molecule is CC[C@H](C)COc1ccc(-c2ccc(C(=N)N)cc2)cc1. The minimum Gasteiger partial charge on any atom is -0.493 e. The fourth-order valence-electron chi connectivity index (χ4n) is 1.94. The lowest BCUT2D eigenvalue weighted by Crippen LogP contribution is -2.10. The van der Waals surface area contributed by atoms with Crippen LogP contribution in [0.5, 0.6) is 5.75 Å². The van der Waals surface area contributed by atoms with Crippen molar-refractivity contribution in [1.29, 1.82) is 5.41 Å². The normalized spacial score (nSPS) is 11.9. The van der Waals surface area contributed by atoms with E-state index in [-0.39, 0.29) is 5.84 Å². The largest absolute Gasteiger partial charge is 0.493 e. The van der Waals surface area contributed by atoms with Crippen LogP contribution in [0.3, 0.4) is 0 Å². The smallest absolute Gasteiger partial charge is 0.122 e. The molecule has 0 aliphatic carbocycles. The van der Waals surface area contributed by atoms with Crippen LogP contribution in [0.2, 0.25) is 0 Å². The highest BCUT2D eigenvalue weighted by atomic mass is 16.5. The van der Waals surface area contributed by atoms with Crippen LogP contribution in [0, 0.1) is 11.3 Å². The molecule has 2 rings (SSSR count). The molecule has 0 aliphatic heterocycles. The van der Waals surface area contributed by atoms with Crippen molar-refractivity contribution in [1.82, 2.24) is 0 Å². The monoisotopic (exact) mass is 282 g/mol. The number of nitrogen functional groups attached to an aromatic ring is 1. The molecule has 0 saturated heterocycles. The number of hydrogen-bond acceptors (Lipinski definition) is 2. The van der Waals surface area contributed by atoms with Gasteiger partial charge in [-0.25, -0.2) is 0 Å². The van der Waals surface area contributed by atoms with Crippen LogP contribution < -0.4 is 10.5 Å². The van der Waals surface area contributed by atoms with Gasteiger partial charge in [-0.1, -0.05) is 56.7 Å². The first-order valence-corrected chi connectivity index (χ1v) is 7.28. The number of nitrogens with two attached hydrogens (primary N) is 1. The van der Waals surface area contributed by atoms with Crippen LogP contribution in [-0.2, 0) is 0 Å². The van der Waals surface area contributed by atoms with Gasteiger partial charge in [0.05, 0.1) is 6.61 Å². The zero-order valence-electron chi connectivity index (χ0n) is 12.6. The molecule has 0 heterocycles. The summed E-state index contributed by atoms with van der Waals surface area (Å²) >= 11 is 0. The number of amidine groups is 1. The molecule has 0 unspecified atom stereocenters. The second-order valence-corrected chi connectivity index (χ2v) is 5.34. The summed E-state index contributed by atoms with van der Waals surface area (Å²) in [6.45, 7) is 5.11. The van der Waals surface area contributed by atoms with E-state index in [0.29, 0.717) is 5.92 Å². The maximum Gasteiger partial charge on any atom is 0.122 e. The van der Waals surface area contributed by atoms with Crippen LogP contribution in [0.25, 0.3) is 11.1 Å². The molecule has 2 aromatic rings. The number of ether oxygens (including phenoxy) is 1. The molecule has 0 aromatic heterocycles. The Morgan fingerprint density at radius 3 is 2.05 bits per heavy atom. The molecule has 0 bridgehead atoms. The Hall–Kier alpha value is -2.29. The van der Waals surface area contributed by atoms with Crippen molar-refractivity contribution in [2.45, 2.75) is 20.3 Å². The summed E-state index contributed by atoms with van der Waals surface area (Å²) in [5.41, 5.74) is 8.43. The van der Waals surface area contributed by atoms with Crippen LogP contribution in [0.1, 0.15) is 25.8 Å². The molecule has 110 valence electrons. The Morgan fingerprint density at radius 2 is 1.57 bits per heavy atom. The van der Waals surface area contributed by atoms with E-state index in [2.05, 4.69) is 26.0 Å². The van der Waals surface area contributed by atoms with E-state index < -0.39 is 0 Å². The molecular weight excluding hydrogens is 260 g/mol. The standard InChI is InChI=1S/C18H22N2O/c1-3-13(2)12-21-17-10-8-15(9-11-17)14-4-6-16(7-5-14)18(19)20/h4-11,13H,3,12H2,1-2H3,(H3,19,20)/t13-/m0/s1. The Bertz CT molecular complexity index is 588. The Morgan fingerprint density at radius 1 is 1.05 bits per heavy atom. The highest BCUT2D eigenvalue weighted by molar-refractivity contribution is 5.95. The average molecular weight is 282 g/mol. The molecular formula is C18H22N2O. The summed E-state index contributed by atoms with van der Waals surface area (Å²) in [5.74, 6) is 1.57. The molecule has 3 nitrogen and oxygen atoms in total. The van der Waals surface area contributed by atoms with Crippen molar-refractivity contribution in [2.24, 2.45) is 11.7 Å². The minimum absolute atomic E-state index is 0.0929. The predicted molar refractivity (Wildman–Crippen MR) is 87.8 cm³/mol. The van der Waals surface area contributed by atoms with Gasteiger partial charge in [0, 0.05) is 5.56 Å². The van der Waals surface area contributed by atoms with Gasteiger partial charge in [0.25, 0.3) is 0 Å². The van der Waals surface area contributed by atoms with E-state index >= 15 is 0 Å². The van der Waals surface area contributed by atoms with E-state index in [0.717, 1.165) is 35.5 Å². The van der Waals surface area contributed by atoms with Crippen molar-refractivity contribution in [3.05, 3.63) is 54.1 Å². The van der Waals surface area contributed by atoms with Crippen LogP contribution in [0.4, 0.5) is 0 Å². The molecule has 2 aromatic carbocycles. The first kappa shape index (κ1) is 15.1. The maximum atomic E-state index is 7.40. The first-order chi connectivity index (χ1) is 10.1. The van der Waals surface area contributed by atoms with Gasteiger partial charge in [-0.05, 0) is 29.2 Å². The number of rotatable bonds is 6. The first-order valence-electron chi connectivity index (χ1n) is 7.28. The third-order valence-electron chi connectivity index (χ3n) is 3.61. The molecule has 3 N–H and O–H groups in total. The van der Waals surface area contributed by atoms with Crippen molar-refractivity contribution in [2.75, 3.05) is 6.61 Å². The summed E-state index contributed by atoms with van der Waals surface area (Å²) < 4.78 is 5.76. The molecule has 0 amide bonds. The van der Waals surface area contributed by atoms with Gasteiger partial charge in [0.1, 0.15) is 11.6 Å². The molecule has 0 aliphatic rings. The highest BCUT2D eigenvalue weighted by Crippen LogP contribution is 2.23. The Labute approximate surface area is 126 Å². The summed E-state index contributed by atoms with van der Waals surface area (Å²) in [6.07, 6.45) is 1.13. The average Bonchev–Trinajstić information content (AvgIpc) is 2.53. The third kappa shape index (κ3) is 4.09. The molecule has 0 fully saturated rings.